The van der Waals surface area contributed by atoms with Crippen LogP contribution in [0.3, 0.4) is 0 Å². The lowest BCUT2D eigenvalue weighted by molar-refractivity contribution is 0.313. The molecular formula is C13H13BrN2O3S. The monoisotopic (exact) mass is 356 g/mol. The molecule has 2 aromatic rings. The van der Waals surface area contributed by atoms with Crippen molar-refractivity contribution in [3.8, 4) is 5.75 Å². The molecule has 0 bridgehead atoms. The maximum atomic E-state index is 11.5. The molecule has 0 amide bonds. The van der Waals surface area contributed by atoms with Crippen molar-refractivity contribution in [2.24, 2.45) is 5.14 Å². The average molecular weight is 357 g/mol. The molecule has 0 aliphatic heterocycles. The summed E-state index contributed by atoms with van der Waals surface area (Å²) in [6.07, 6.45) is 4.07. The lowest BCUT2D eigenvalue weighted by atomic mass is 10.2. The van der Waals surface area contributed by atoms with Gasteiger partial charge in [-0.1, -0.05) is 22.0 Å². The van der Waals surface area contributed by atoms with Crippen LogP contribution in [0.15, 0.2) is 52.1 Å². The highest BCUT2D eigenvalue weighted by Gasteiger charge is 2.15. The third kappa shape index (κ3) is 4.03. The van der Waals surface area contributed by atoms with Crippen molar-refractivity contribution >= 4 is 26.0 Å². The molecular weight excluding hydrogens is 344 g/mol. The summed E-state index contributed by atoms with van der Waals surface area (Å²) in [4.78, 5) is 3.97. The van der Waals surface area contributed by atoms with Gasteiger partial charge < -0.3 is 4.74 Å². The van der Waals surface area contributed by atoms with E-state index in [1.54, 1.807) is 24.5 Å². The van der Waals surface area contributed by atoms with E-state index in [1.807, 2.05) is 12.1 Å². The van der Waals surface area contributed by atoms with Gasteiger partial charge in [0, 0.05) is 23.3 Å². The Bertz CT molecular complexity index is 690. The van der Waals surface area contributed by atoms with Crippen molar-refractivity contribution in [2.75, 3.05) is 6.61 Å². The van der Waals surface area contributed by atoms with E-state index in [1.165, 1.54) is 6.07 Å². The summed E-state index contributed by atoms with van der Waals surface area (Å²) in [6.45, 7) is 0.343. The Hall–Kier alpha value is -1.44. The Kier molecular flexibility index (Phi) is 4.74. The quantitative estimate of drug-likeness (QED) is 0.889. The maximum absolute atomic E-state index is 11.5. The Balaban J connectivity index is 2.10. The van der Waals surface area contributed by atoms with Gasteiger partial charge in [0.1, 0.15) is 10.6 Å². The van der Waals surface area contributed by atoms with E-state index >= 15 is 0 Å². The van der Waals surface area contributed by atoms with E-state index in [4.69, 9.17) is 9.88 Å². The Morgan fingerprint density at radius 3 is 2.75 bits per heavy atom. The van der Waals surface area contributed by atoms with E-state index in [0.717, 1.165) is 5.56 Å². The highest BCUT2D eigenvalue weighted by molar-refractivity contribution is 9.10. The first-order valence-electron chi connectivity index (χ1n) is 5.81. The number of nitrogens with two attached hydrogens (primary N) is 1. The molecule has 0 radical (unpaired) electrons. The van der Waals surface area contributed by atoms with E-state index in [-0.39, 0.29) is 10.6 Å². The average Bonchev–Trinajstić information content (AvgIpc) is 2.40. The van der Waals surface area contributed by atoms with Crippen LogP contribution in [0.25, 0.3) is 0 Å². The molecule has 1 aromatic carbocycles. The highest BCUT2D eigenvalue weighted by atomic mass is 79.9. The molecule has 0 atom stereocenters. The fourth-order valence-electron chi connectivity index (χ4n) is 1.65. The van der Waals surface area contributed by atoms with Gasteiger partial charge in [0.15, 0.2) is 0 Å². The second-order valence-electron chi connectivity index (χ2n) is 4.10. The smallest absolute Gasteiger partial charge is 0.241 e. The first kappa shape index (κ1) is 15.0. The van der Waals surface area contributed by atoms with Gasteiger partial charge in [-0.2, -0.15) is 0 Å². The molecule has 0 aliphatic rings. The second-order valence-corrected chi connectivity index (χ2v) is 6.54. The number of halogens is 1. The summed E-state index contributed by atoms with van der Waals surface area (Å²) in [5.74, 6) is 0.250. The molecule has 0 unspecified atom stereocenters. The van der Waals surface area contributed by atoms with Crippen LogP contribution in [0, 0.1) is 0 Å². The minimum atomic E-state index is -3.82. The normalized spacial score (nSPS) is 11.3. The molecule has 1 heterocycles. The largest absolute Gasteiger partial charge is 0.492 e. The topological polar surface area (TPSA) is 82.3 Å². The van der Waals surface area contributed by atoms with Gasteiger partial charge in [-0.05, 0) is 29.8 Å². The van der Waals surface area contributed by atoms with Crippen LogP contribution in [0.5, 0.6) is 5.75 Å². The zero-order valence-electron chi connectivity index (χ0n) is 10.5. The SMILES string of the molecule is NS(=O)(=O)c1cc(Br)ccc1OCCc1cccnc1. The second kappa shape index (κ2) is 6.34. The summed E-state index contributed by atoms with van der Waals surface area (Å²) in [7, 11) is -3.82. The Labute approximate surface area is 126 Å². The Morgan fingerprint density at radius 2 is 2.10 bits per heavy atom. The van der Waals surface area contributed by atoms with Gasteiger partial charge >= 0.3 is 0 Å². The van der Waals surface area contributed by atoms with Crippen molar-refractivity contribution in [3.63, 3.8) is 0 Å². The number of ether oxygens (including phenoxy) is 1. The van der Waals surface area contributed by atoms with Crippen LogP contribution in [0.4, 0.5) is 0 Å². The molecule has 7 heteroatoms. The number of primary sulfonamides is 1. The number of rotatable bonds is 5. The van der Waals surface area contributed by atoms with Crippen LogP contribution >= 0.6 is 15.9 Å². The van der Waals surface area contributed by atoms with Crippen LogP contribution in [0.2, 0.25) is 0 Å². The number of hydrogen-bond acceptors (Lipinski definition) is 4. The lowest BCUT2D eigenvalue weighted by Crippen LogP contribution is -2.14. The molecule has 0 saturated heterocycles. The summed E-state index contributed by atoms with van der Waals surface area (Å²) in [5, 5.41) is 5.17. The molecule has 1 aromatic heterocycles. The van der Waals surface area contributed by atoms with Gasteiger partial charge in [-0.15, -0.1) is 0 Å². The minimum absolute atomic E-state index is 0.0296. The zero-order valence-corrected chi connectivity index (χ0v) is 12.9. The van der Waals surface area contributed by atoms with Crippen LogP contribution in [-0.4, -0.2) is 20.0 Å². The van der Waals surface area contributed by atoms with E-state index in [0.29, 0.717) is 17.5 Å². The van der Waals surface area contributed by atoms with Gasteiger partial charge in [0.25, 0.3) is 0 Å². The predicted molar refractivity (Wildman–Crippen MR) is 79.0 cm³/mol. The summed E-state index contributed by atoms with van der Waals surface area (Å²) in [6, 6.07) is 8.47. The van der Waals surface area contributed by atoms with Crippen molar-refractivity contribution < 1.29 is 13.2 Å². The number of pyridine rings is 1. The molecule has 2 rings (SSSR count). The zero-order chi connectivity index (χ0) is 14.6. The lowest BCUT2D eigenvalue weighted by Gasteiger charge is -2.10. The number of nitrogens with zero attached hydrogens (tertiary/aromatic N) is 1. The van der Waals surface area contributed by atoms with Crippen molar-refractivity contribution in [3.05, 3.63) is 52.8 Å². The molecule has 5 nitrogen and oxygen atoms in total. The maximum Gasteiger partial charge on any atom is 0.241 e. The summed E-state index contributed by atoms with van der Waals surface area (Å²) >= 11 is 3.21. The molecule has 0 saturated carbocycles. The van der Waals surface area contributed by atoms with Crippen LogP contribution < -0.4 is 9.88 Å². The van der Waals surface area contributed by atoms with Crippen molar-refractivity contribution in [2.45, 2.75) is 11.3 Å². The third-order valence-electron chi connectivity index (χ3n) is 2.58. The predicted octanol–water partition coefficient (Wildman–Crippen LogP) is 2.11. The minimum Gasteiger partial charge on any atom is -0.492 e. The molecule has 0 spiro atoms. The van der Waals surface area contributed by atoms with Crippen molar-refractivity contribution in [1.29, 1.82) is 0 Å². The standard InChI is InChI=1S/C13H13BrN2O3S/c14-11-3-4-12(13(8-11)20(15,17)18)19-7-5-10-2-1-6-16-9-10/h1-4,6,8-9H,5,7H2,(H2,15,17,18). The highest BCUT2D eigenvalue weighted by Crippen LogP contribution is 2.26. The van der Waals surface area contributed by atoms with E-state index < -0.39 is 10.0 Å². The molecule has 0 aliphatic carbocycles. The van der Waals surface area contributed by atoms with E-state index in [9.17, 15) is 8.42 Å². The fraction of sp³-hybridized carbons (Fsp3) is 0.154. The first-order valence-corrected chi connectivity index (χ1v) is 8.15. The number of hydrogen-bond donors (Lipinski definition) is 1. The summed E-state index contributed by atoms with van der Waals surface area (Å²) < 4.78 is 29.2. The molecule has 2 N–H and O–H groups in total. The van der Waals surface area contributed by atoms with Crippen molar-refractivity contribution in [1.82, 2.24) is 4.98 Å². The third-order valence-corrected chi connectivity index (χ3v) is 4.01. The Morgan fingerprint density at radius 1 is 1.30 bits per heavy atom. The van der Waals surface area contributed by atoms with Gasteiger partial charge in [-0.25, -0.2) is 13.6 Å². The summed E-state index contributed by atoms with van der Waals surface area (Å²) in [5.41, 5.74) is 1.02. The van der Waals surface area contributed by atoms with Crippen LogP contribution in [-0.2, 0) is 16.4 Å². The number of benzene rings is 1. The first-order chi connectivity index (χ1) is 9.47. The van der Waals surface area contributed by atoms with Gasteiger partial charge in [0.05, 0.1) is 6.61 Å². The fourth-order valence-corrected chi connectivity index (χ4v) is 2.86. The number of aromatic nitrogens is 1. The number of sulfonamides is 1. The van der Waals surface area contributed by atoms with Gasteiger partial charge in [-0.3, -0.25) is 4.98 Å². The molecule has 0 fully saturated rings. The van der Waals surface area contributed by atoms with Crippen LogP contribution in [0.1, 0.15) is 5.56 Å². The van der Waals surface area contributed by atoms with E-state index in [2.05, 4.69) is 20.9 Å². The van der Waals surface area contributed by atoms with Gasteiger partial charge in [0.2, 0.25) is 10.0 Å². The molecule has 106 valence electrons. The molecule has 20 heavy (non-hydrogen) atoms.